The average molecular weight is 381 g/mol. The van der Waals surface area contributed by atoms with Crippen LogP contribution in [-0.4, -0.2) is 71.3 Å². The van der Waals surface area contributed by atoms with Crippen molar-refractivity contribution in [2.75, 3.05) is 33.4 Å². The SMILES string of the molecule is COCCCNC(=O)C1CCN(Cc2ccccn2)CC1.O=C(O)C(=O)O. The van der Waals surface area contributed by atoms with Gasteiger partial charge in [-0.1, -0.05) is 6.07 Å². The minimum atomic E-state index is -1.82. The van der Waals surface area contributed by atoms with Crippen molar-refractivity contribution in [2.45, 2.75) is 25.8 Å². The summed E-state index contributed by atoms with van der Waals surface area (Å²) in [6, 6.07) is 6.00. The summed E-state index contributed by atoms with van der Waals surface area (Å²) in [6.07, 6.45) is 4.57. The molecule has 2 heterocycles. The molecule has 1 aliphatic rings. The fraction of sp³-hybridized carbons (Fsp3) is 0.556. The molecule has 0 atom stereocenters. The highest BCUT2D eigenvalue weighted by atomic mass is 16.5. The number of nitrogens with one attached hydrogen (secondary N) is 1. The van der Waals surface area contributed by atoms with Gasteiger partial charge in [-0.25, -0.2) is 9.59 Å². The highest BCUT2D eigenvalue weighted by Gasteiger charge is 2.24. The predicted molar refractivity (Wildman–Crippen MR) is 97.0 cm³/mol. The van der Waals surface area contributed by atoms with Gasteiger partial charge < -0.3 is 20.3 Å². The third kappa shape index (κ3) is 9.66. The number of methoxy groups -OCH3 is 1. The van der Waals surface area contributed by atoms with Crippen LogP contribution in [0.15, 0.2) is 24.4 Å². The largest absolute Gasteiger partial charge is 0.473 e. The van der Waals surface area contributed by atoms with Crippen LogP contribution in [0, 0.1) is 5.92 Å². The van der Waals surface area contributed by atoms with Crippen molar-refractivity contribution in [1.82, 2.24) is 15.2 Å². The number of hydrogen-bond acceptors (Lipinski definition) is 6. The van der Waals surface area contributed by atoms with Gasteiger partial charge in [-0.15, -0.1) is 0 Å². The van der Waals surface area contributed by atoms with E-state index in [1.54, 1.807) is 7.11 Å². The number of pyridine rings is 1. The molecule has 0 radical (unpaired) electrons. The van der Waals surface area contributed by atoms with Crippen molar-refractivity contribution < 1.29 is 29.3 Å². The number of carbonyl (C=O) groups is 3. The maximum atomic E-state index is 12.0. The zero-order valence-electron chi connectivity index (χ0n) is 15.5. The van der Waals surface area contributed by atoms with Crippen molar-refractivity contribution >= 4 is 17.8 Å². The topological polar surface area (TPSA) is 129 Å². The molecule has 0 bridgehead atoms. The van der Waals surface area contributed by atoms with Crippen LogP contribution in [0.3, 0.4) is 0 Å². The molecule has 2 rings (SSSR count). The molecule has 0 aromatic carbocycles. The van der Waals surface area contributed by atoms with Gasteiger partial charge in [0.05, 0.1) is 5.69 Å². The molecule has 27 heavy (non-hydrogen) atoms. The molecule has 1 fully saturated rings. The number of hydrogen-bond donors (Lipinski definition) is 3. The van der Waals surface area contributed by atoms with Gasteiger partial charge in [-0.05, 0) is 44.5 Å². The summed E-state index contributed by atoms with van der Waals surface area (Å²) in [5, 5.41) is 17.8. The lowest BCUT2D eigenvalue weighted by Crippen LogP contribution is -2.40. The van der Waals surface area contributed by atoms with Crippen LogP contribution in [0.25, 0.3) is 0 Å². The Morgan fingerprint density at radius 2 is 1.89 bits per heavy atom. The van der Waals surface area contributed by atoms with Crippen LogP contribution in [0.4, 0.5) is 0 Å². The lowest BCUT2D eigenvalue weighted by molar-refractivity contribution is -0.159. The first kappa shape index (κ1) is 22.5. The molecule has 0 saturated carbocycles. The van der Waals surface area contributed by atoms with Crippen LogP contribution in [0.5, 0.6) is 0 Å². The van der Waals surface area contributed by atoms with Crippen molar-refractivity contribution in [2.24, 2.45) is 5.92 Å². The van der Waals surface area contributed by atoms with Crippen LogP contribution < -0.4 is 5.32 Å². The lowest BCUT2D eigenvalue weighted by Gasteiger charge is -2.31. The Hall–Kier alpha value is -2.52. The van der Waals surface area contributed by atoms with E-state index in [0.29, 0.717) is 13.2 Å². The average Bonchev–Trinajstić information content (AvgIpc) is 2.67. The summed E-state index contributed by atoms with van der Waals surface area (Å²) in [6.45, 7) is 4.21. The maximum absolute atomic E-state index is 12.0. The van der Waals surface area contributed by atoms with E-state index in [0.717, 1.165) is 44.6 Å². The second-order valence-corrected chi connectivity index (χ2v) is 6.12. The zero-order chi connectivity index (χ0) is 20.1. The van der Waals surface area contributed by atoms with Crippen molar-refractivity contribution in [3.8, 4) is 0 Å². The summed E-state index contributed by atoms with van der Waals surface area (Å²) < 4.78 is 4.98. The normalized spacial score (nSPS) is 14.7. The van der Waals surface area contributed by atoms with Gasteiger partial charge in [0.1, 0.15) is 0 Å². The van der Waals surface area contributed by atoms with E-state index in [4.69, 9.17) is 24.5 Å². The highest BCUT2D eigenvalue weighted by Crippen LogP contribution is 2.18. The molecule has 150 valence electrons. The summed E-state index contributed by atoms with van der Waals surface area (Å²) in [5.41, 5.74) is 1.10. The number of likely N-dealkylation sites (tertiary alicyclic amines) is 1. The number of amides is 1. The highest BCUT2D eigenvalue weighted by molar-refractivity contribution is 6.27. The van der Waals surface area contributed by atoms with E-state index >= 15 is 0 Å². The predicted octanol–water partition coefficient (Wildman–Crippen LogP) is 0.602. The summed E-state index contributed by atoms with van der Waals surface area (Å²) in [7, 11) is 1.68. The Morgan fingerprint density at radius 1 is 1.22 bits per heavy atom. The number of carboxylic acid groups (broad SMARTS) is 2. The molecule has 1 aliphatic heterocycles. The van der Waals surface area contributed by atoms with Gasteiger partial charge in [-0.3, -0.25) is 14.7 Å². The molecule has 9 nitrogen and oxygen atoms in total. The van der Waals surface area contributed by atoms with E-state index in [9.17, 15) is 4.79 Å². The van der Waals surface area contributed by atoms with E-state index in [1.165, 1.54) is 0 Å². The Morgan fingerprint density at radius 3 is 2.41 bits per heavy atom. The minimum absolute atomic E-state index is 0.160. The van der Waals surface area contributed by atoms with E-state index in [1.807, 2.05) is 18.3 Å². The number of carbonyl (C=O) groups excluding carboxylic acids is 1. The van der Waals surface area contributed by atoms with Gasteiger partial charge in [0, 0.05) is 38.9 Å². The molecular formula is C18H27N3O6. The first-order chi connectivity index (χ1) is 12.9. The summed E-state index contributed by atoms with van der Waals surface area (Å²) >= 11 is 0. The van der Waals surface area contributed by atoms with Crippen molar-refractivity contribution in [3.63, 3.8) is 0 Å². The second-order valence-electron chi connectivity index (χ2n) is 6.12. The fourth-order valence-electron chi connectivity index (χ4n) is 2.65. The Balaban J connectivity index is 0.000000527. The molecule has 1 amide bonds. The molecule has 1 aromatic heterocycles. The van der Waals surface area contributed by atoms with Crippen molar-refractivity contribution in [1.29, 1.82) is 0 Å². The molecule has 0 spiro atoms. The van der Waals surface area contributed by atoms with Crippen LogP contribution >= 0.6 is 0 Å². The minimum Gasteiger partial charge on any atom is -0.473 e. The first-order valence-corrected chi connectivity index (χ1v) is 8.79. The molecule has 1 aromatic rings. The Bertz CT molecular complexity index is 576. The molecule has 3 N–H and O–H groups in total. The third-order valence-electron chi connectivity index (χ3n) is 4.08. The molecular weight excluding hydrogens is 354 g/mol. The Labute approximate surface area is 158 Å². The number of rotatable bonds is 7. The number of aliphatic carboxylic acids is 2. The summed E-state index contributed by atoms with van der Waals surface area (Å²) in [5.74, 6) is -3.29. The molecule has 0 aliphatic carbocycles. The van der Waals surface area contributed by atoms with Gasteiger partial charge in [0.2, 0.25) is 5.91 Å². The summed E-state index contributed by atoms with van der Waals surface area (Å²) in [4.78, 5) is 37.0. The van der Waals surface area contributed by atoms with Gasteiger partial charge >= 0.3 is 11.9 Å². The van der Waals surface area contributed by atoms with E-state index < -0.39 is 11.9 Å². The second kappa shape index (κ2) is 12.8. The van der Waals surface area contributed by atoms with Gasteiger partial charge in [0.15, 0.2) is 0 Å². The fourth-order valence-corrected chi connectivity index (χ4v) is 2.65. The zero-order valence-corrected chi connectivity index (χ0v) is 15.5. The van der Waals surface area contributed by atoms with Gasteiger partial charge in [0.25, 0.3) is 0 Å². The van der Waals surface area contributed by atoms with E-state index in [2.05, 4.69) is 21.3 Å². The molecule has 0 unspecified atom stereocenters. The third-order valence-corrected chi connectivity index (χ3v) is 4.08. The lowest BCUT2D eigenvalue weighted by atomic mass is 9.96. The number of piperidine rings is 1. The molecule has 9 heteroatoms. The number of ether oxygens (including phenoxy) is 1. The first-order valence-electron chi connectivity index (χ1n) is 8.79. The number of aromatic nitrogens is 1. The Kier molecular flexibility index (Phi) is 10.7. The van der Waals surface area contributed by atoms with Crippen LogP contribution in [0.2, 0.25) is 0 Å². The molecule has 1 saturated heterocycles. The number of nitrogens with zero attached hydrogens (tertiary/aromatic N) is 2. The monoisotopic (exact) mass is 381 g/mol. The van der Waals surface area contributed by atoms with Gasteiger partial charge in [-0.2, -0.15) is 0 Å². The van der Waals surface area contributed by atoms with Crippen LogP contribution in [0.1, 0.15) is 25.0 Å². The van der Waals surface area contributed by atoms with Crippen molar-refractivity contribution in [3.05, 3.63) is 30.1 Å². The van der Waals surface area contributed by atoms with E-state index in [-0.39, 0.29) is 11.8 Å². The quantitative estimate of drug-likeness (QED) is 0.463. The number of carboxylic acids is 2. The smallest absolute Gasteiger partial charge is 0.414 e. The standard InChI is InChI=1S/C16H25N3O2.C2H2O4/c1-21-12-4-9-18-16(20)14-6-10-19(11-7-14)13-15-5-2-3-8-17-15;3-1(4)2(5)6/h2-3,5,8,14H,4,6-7,9-13H2,1H3,(H,18,20);(H,3,4)(H,5,6). The maximum Gasteiger partial charge on any atom is 0.414 e. The van der Waals surface area contributed by atoms with Crippen LogP contribution in [-0.2, 0) is 25.7 Å².